The number of hydrogen-bond acceptors (Lipinski definition) is 1. The van der Waals surface area contributed by atoms with Crippen molar-refractivity contribution in [3.05, 3.63) is 64.1 Å². The molecule has 2 aromatic rings. The van der Waals surface area contributed by atoms with E-state index in [9.17, 15) is 4.79 Å². The van der Waals surface area contributed by atoms with Crippen LogP contribution in [0.3, 0.4) is 0 Å². The highest BCUT2D eigenvalue weighted by Gasteiger charge is 2.30. The van der Waals surface area contributed by atoms with Gasteiger partial charge in [-0.05, 0) is 49.8 Å². The normalized spacial score (nSPS) is 21.2. The van der Waals surface area contributed by atoms with E-state index in [0.717, 1.165) is 32.4 Å². The molecule has 138 valence electrons. The molecule has 1 fully saturated rings. The molecule has 1 aliphatic rings. The summed E-state index contributed by atoms with van der Waals surface area (Å²) < 4.78 is 0. The molecule has 0 saturated carbocycles. The van der Waals surface area contributed by atoms with Crippen LogP contribution >= 0.6 is 23.2 Å². The molecule has 3 nitrogen and oxygen atoms in total. The number of carbonyl (C=O) groups is 1. The molecule has 0 aromatic heterocycles. The Morgan fingerprint density at radius 2 is 1.69 bits per heavy atom. The topological polar surface area (TPSA) is 33.5 Å². The van der Waals surface area contributed by atoms with Gasteiger partial charge in [0.15, 0.2) is 6.04 Å². The third-order valence-electron chi connectivity index (χ3n) is 5.33. The number of piperidine rings is 1. The van der Waals surface area contributed by atoms with Gasteiger partial charge in [-0.1, -0.05) is 59.6 Å². The van der Waals surface area contributed by atoms with Crippen molar-refractivity contribution in [2.45, 2.75) is 32.2 Å². The molecule has 1 heterocycles. The second kappa shape index (κ2) is 8.90. The largest absolute Gasteiger partial charge is 0.325 e. The predicted octanol–water partition coefficient (Wildman–Crippen LogP) is 3.86. The minimum atomic E-state index is -0.125. The molecule has 0 radical (unpaired) electrons. The van der Waals surface area contributed by atoms with Crippen molar-refractivity contribution in [2.75, 3.05) is 18.4 Å². The number of nitrogens with one attached hydrogen (secondary N) is 2. The Balaban J connectivity index is 1.53. The summed E-state index contributed by atoms with van der Waals surface area (Å²) >= 11 is 12.3. The summed E-state index contributed by atoms with van der Waals surface area (Å²) in [6.07, 6.45) is 3.42. The third kappa shape index (κ3) is 4.79. The number of benzene rings is 2. The van der Waals surface area contributed by atoms with Crippen molar-refractivity contribution < 1.29 is 9.69 Å². The van der Waals surface area contributed by atoms with Crippen molar-refractivity contribution in [3.8, 4) is 0 Å². The van der Waals surface area contributed by atoms with Crippen LogP contribution in [-0.4, -0.2) is 25.0 Å². The van der Waals surface area contributed by atoms with Crippen LogP contribution in [0.15, 0.2) is 48.5 Å². The molecule has 0 bridgehead atoms. The van der Waals surface area contributed by atoms with Crippen molar-refractivity contribution in [1.29, 1.82) is 0 Å². The van der Waals surface area contributed by atoms with Gasteiger partial charge >= 0.3 is 0 Å². The first-order chi connectivity index (χ1) is 12.5. The van der Waals surface area contributed by atoms with E-state index in [1.807, 2.05) is 6.92 Å². The second-order valence-electron chi connectivity index (χ2n) is 7.10. The molecule has 0 aliphatic carbocycles. The van der Waals surface area contributed by atoms with Gasteiger partial charge in [0.2, 0.25) is 0 Å². The first-order valence-electron chi connectivity index (χ1n) is 9.18. The minimum absolute atomic E-state index is 0.0310. The number of amides is 1. The van der Waals surface area contributed by atoms with Gasteiger partial charge in [0.25, 0.3) is 5.91 Å². The maximum atomic E-state index is 12.6. The average molecular weight is 392 g/mol. The molecule has 26 heavy (non-hydrogen) atoms. The molecule has 0 unspecified atom stereocenters. The highest BCUT2D eigenvalue weighted by atomic mass is 35.5. The predicted molar refractivity (Wildman–Crippen MR) is 108 cm³/mol. The molecule has 5 heteroatoms. The summed E-state index contributed by atoms with van der Waals surface area (Å²) in [5, 5.41) is 3.84. The summed E-state index contributed by atoms with van der Waals surface area (Å²) in [6.45, 7) is 4.01. The molecule has 0 spiro atoms. The van der Waals surface area contributed by atoms with Crippen molar-refractivity contribution >= 4 is 34.8 Å². The van der Waals surface area contributed by atoms with E-state index in [-0.39, 0.29) is 11.9 Å². The summed E-state index contributed by atoms with van der Waals surface area (Å²) in [7, 11) is 0. The quantitative estimate of drug-likeness (QED) is 0.796. The number of rotatable bonds is 5. The Morgan fingerprint density at radius 1 is 1.08 bits per heavy atom. The van der Waals surface area contributed by atoms with Gasteiger partial charge in [-0.3, -0.25) is 4.79 Å². The standard InChI is InChI=1S/C21H24Cl2N2O/c1-15(21(26)24-20-18(22)8-5-9-19(20)23)25-12-10-17(11-13-25)14-16-6-3-2-4-7-16/h2-9,15,17H,10-14H2,1H3,(H,24,26)/p+1/t15-/m1/s1. The number of carbonyl (C=O) groups excluding carboxylic acids is 1. The van der Waals surface area contributed by atoms with Gasteiger partial charge in [-0.25, -0.2) is 0 Å². The number of hydrogen-bond donors (Lipinski definition) is 2. The molecular weight excluding hydrogens is 367 g/mol. The maximum Gasteiger partial charge on any atom is 0.282 e. The van der Waals surface area contributed by atoms with Gasteiger partial charge < -0.3 is 10.2 Å². The third-order valence-corrected chi connectivity index (χ3v) is 5.96. The smallest absolute Gasteiger partial charge is 0.282 e. The van der Waals surface area contributed by atoms with E-state index in [1.165, 1.54) is 10.5 Å². The lowest BCUT2D eigenvalue weighted by Gasteiger charge is -2.32. The fourth-order valence-corrected chi connectivity index (χ4v) is 4.16. The Morgan fingerprint density at radius 3 is 2.31 bits per heavy atom. The second-order valence-corrected chi connectivity index (χ2v) is 7.91. The Kier molecular flexibility index (Phi) is 6.58. The van der Waals surface area contributed by atoms with E-state index in [2.05, 4.69) is 35.6 Å². The van der Waals surface area contributed by atoms with E-state index in [0.29, 0.717) is 21.7 Å². The molecule has 2 aromatic carbocycles. The van der Waals surface area contributed by atoms with Crippen LogP contribution in [0.4, 0.5) is 5.69 Å². The molecule has 1 aliphatic heterocycles. The van der Waals surface area contributed by atoms with Gasteiger partial charge in [0.05, 0.1) is 28.8 Å². The molecule has 1 saturated heterocycles. The fraction of sp³-hybridized carbons (Fsp3) is 0.381. The van der Waals surface area contributed by atoms with Crippen LogP contribution in [0, 0.1) is 5.92 Å². The summed E-state index contributed by atoms with van der Waals surface area (Å²) in [5.41, 5.74) is 1.91. The monoisotopic (exact) mass is 391 g/mol. The highest BCUT2D eigenvalue weighted by molar-refractivity contribution is 6.39. The van der Waals surface area contributed by atoms with Crippen molar-refractivity contribution in [2.24, 2.45) is 5.92 Å². The Labute approximate surface area is 165 Å². The molecular formula is C21H25Cl2N2O+. The zero-order chi connectivity index (χ0) is 18.5. The van der Waals surface area contributed by atoms with Gasteiger partial charge in [0.1, 0.15) is 0 Å². The van der Waals surface area contributed by atoms with Gasteiger partial charge in [0, 0.05) is 0 Å². The molecule has 2 N–H and O–H groups in total. The summed E-state index contributed by atoms with van der Waals surface area (Å²) in [5.74, 6) is 0.672. The lowest BCUT2D eigenvalue weighted by atomic mass is 9.89. The summed E-state index contributed by atoms with van der Waals surface area (Å²) in [6, 6.07) is 15.8. The zero-order valence-electron chi connectivity index (χ0n) is 15.0. The van der Waals surface area contributed by atoms with Crippen LogP contribution < -0.4 is 10.2 Å². The van der Waals surface area contributed by atoms with Crippen LogP contribution in [-0.2, 0) is 11.2 Å². The lowest BCUT2D eigenvalue weighted by molar-refractivity contribution is -0.919. The first-order valence-corrected chi connectivity index (χ1v) is 9.93. The first kappa shape index (κ1) is 19.2. The van der Waals surface area contributed by atoms with Crippen LogP contribution in [0.25, 0.3) is 0 Å². The SMILES string of the molecule is C[C@H](C(=O)Nc1c(Cl)cccc1Cl)[NH+]1CCC(Cc2ccccc2)CC1. The highest BCUT2D eigenvalue weighted by Crippen LogP contribution is 2.29. The maximum absolute atomic E-state index is 12.6. The van der Waals surface area contributed by atoms with E-state index in [1.54, 1.807) is 18.2 Å². The van der Waals surface area contributed by atoms with E-state index in [4.69, 9.17) is 23.2 Å². The summed E-state index contributed by atoms with van der Waals surface area (Å²) in [4.78, 5) is 14.0. The van der Waals surface area contributed by atoms with Crippen LogP contribution in [0.5, 0.6) is 0 Å². The zero-order valence-corrected chi connectivity index (χ0v) is 16.5. The van der Waals surface area contributed by atoms with Crippen LogP contribution in [0.1, 0.15) is 25.3 Å². The van der Waals surface area contributed by atoms with Gasteiger partial charge in [-0.15, -0.1) is 0 Å². The number of likely N-dealkylation sites (tertiary alicyclic amines) is 1. The average Bonchev–Trinajstić information content (AvgIpc) is 2.65. The number of halogens is 2. The lowest BCUT2D eigenvalue weighted by Crippen LogP contribution is -3.17. The Hall–Kier alpha value is -1.55. The minimum Gasteiger partial charge on any atom is -0.325 e. The van der Waals surface area contributed by atoms with Gasteiger partial charge in [-0.2, -0.15) is 0 Å². The van der Waals surface area contributed by atoms with E-state index < -0.39 is 0 Å². The van der Waals surface area contributed by atoms with Crippen molar-refractivity contribution in [3.63, 3.8) is 0 Å². The molecule has 3 rings (SSSR count). The van der Waals surface area contributed by atoms with E-state index >= 15 is 0 Å². The molecule has 1 atom stereocenters. The van der Waals surface area contributed by atoms with Crippen LogP contribution in [0.2, 0.25) is 10.0 Å². The van der Waals surface area contributed by atoms with Crippen molar-refractivity contribution in [1.82, 2.24) is 0 Å². The molecule has 1 amide bonds. The fourth-order valence-electron chi connectivity index (χ4n) is 3.67. The number of para-hydroxylation sites is 1. The number of anilines is 1. The number of quaternary nitrogens is 1. The Bertz CT molecular complexity index is 723.